The molecule has 2 aliphatic rings. The summed E-state index contributed by atoms with van der Waals surface area (Å²) >= 11 is 6.02. The third-order valence-electron chi connectivity index (χ3n) is 6.62. The van der Waals surface area contributed by atoms with E-state index in [1.54, 1.807) is 12.1 Å². The minimum atomic E-state index is -1.04. The fourth-order valence-electron chi connectivity index (χ4n) is 4.89. The van der Waals surface area contributed by atoms with E-state index >= 15 is 0 Å². The zero-order valence-electron chi connectivity index (χ0n) is 19.2. The Balaban J connectivity index is 1.69. The SMILES string of the molecule is CC(C)(C)OC(=O)N[C@@H]1CCC[C@@H]1C(=O)N1CC[C@](O)(c2ccc(Cl)cc2)C(C)(C)C1. The molecule has 3 atom stereocenters. The van der Waals surface area contributed by atoms with Gasteiger partial charge in [-0.05, 0) is 57.7 Å². The second-order valence-electron chi connectivity index (χ2n) is 10.6. The van der Waals surface area contributed by atoms with E-state index in [-0.39, 0.29) is 17.9 Å². The molecule has 1 aliphatic carbocycles. The first-order valence-corrected chi connectivity index (χ1v) is 11.5. The monoisotopic (exact) mass is 450 g/mol. The van der Waals surface area contributed by atoms with Crippen LogP contribution in [0.3, 0.4) is 0 Å². The molecular formula is C24H35ClN2O4. The van der Waals surface area contributed by atoms with Crippen molar-refractivity contribution < 1.29 is 19.4 Å². The first-order chi connectivity index (χ1) is 14.3. The lowest BCUT2D eigenvalue weighted by atomic mass is 9.66. The summed E-state index contributed by atoms with van der Waals surface area (Å²) in [5.74, 6) is -0.213. The summed E-state index contributed by atoms with van der Waals surface area (Å²) < 4.78 is 5.37. The number of carbonyl (C=O) groups excluding carboxylic acids is 2. The van der Waals surface area contributed by atoms with Crippen molar-refractivity contribution in [2.45, 2.75) is 77.5 Å². The number of alkyl carbamates (subject to hydrolysis) is 1. The Morgan fingerprint density at radius 2 is 1.84 bits per heavy atom. The van der Waals surface area contributed by atoms with E-state index in [0.29, 0.717) is 24.5 Å². The maximum Gasteiger partial charge on any atom is 0.407 e. The van der Waals surface area contributed by atoms with Gasteiger partial charge in [-0.2, -0.15) is 0 Å². The maximum absolute atomic E-state index is 13.4. The minimum Gasteiger partial charge on any atom is -0.444 e. The Kier molecular flexibility index (Phi) is 6.64. The highest BCUT2D eigenvalue weighted by molar-refractivity contribution is 6.30. The predicted molar refractivity (Wildman–Crippen MR) is 121 cm³/mol. The molecule has 1 saturated heterocycles. The van der Waals surface area contributed by atoms with Crippen molar-refractivity contribution in [3.8, 4) is 0 Å². The van der Waals surface area contributed by atoms with Gasteiger partial charge in [-0.25, -0.2) is 4.79 Å². The molecule has 6 nitrogen and oxygen atoms in total. The Morgan fingerprint density at radius 1 is 1.19 bits per heavy atom. The molecule has 0 radical (unpaired) electrons. The quantitative estimate of drug-likeness (QED) is 0.711. The minimum absolute atomic E-state index is 0.0461. The summed E-state index contributed by atoms with van der Waals surface area (Å²) in [6, 6.07) is 7.07. The molecule has 31 heavy (non-hydrogen) atoms. The van der Waals surface area contributed by atoms with E-state index in [2.05, 4.69) is 5.32 Å². The first kappa shape index (κ1) is 23.9. The summed E-state index contributed by atoms with van der Waals surface area (Å²) in [5.41, 5.74) is -1.34. The van der Waals surface area contributed by atoms with E-state index < -0.39 is 22.7 Å². The summed E-state index contributed by atoms with van der Waals surface area (Å²) in [4.78, 5) is 27.5. The molecule has 172 valence electrons. The van der Waals surface area contributed by atoms with Gasteiger partial charge >= 0.3 is 6.09 Å². The molecule has 1 aromatic rings. The number of aliphatic hydroxyl groups is 1. The smallest absolute Gasteiger partial charge is 0.407 e. The number of benzene rings is 1. The zero-order valence-corrected chi connectivity index (χ0v) is 20.0. The van der Waals surface area contributed by atoms with Crippen molar-refractivity contribution in [2.75, 3.05) is 13.1 Å². The van der Waals surface area contributed by atoms with Crippen molar-refractivity contribution in [1.82, 2.24) is 10.2 Å². The average Bonchev–Trinajstić information content (AvgIpc) is 3.10. The number of carbonyl (C=O) groups is 2. The Hall–Kier alpha value is -1.79. The maximum atomic E-state index is 13.4. The number of amides is 2. The van der Waals surface area contributed by atoms with Crippen LogP contribution in [-0.4, -0.2) is 46.7 Å². The molecule has 2 N–H and O–H groups in total. The summed E-state index contributed by atoms with van der Waals surface area (Å²) in [7, 11) is 0. The number of piperidine rings is 1. The lowest BCUT2D eigenvalue weighted by Crippen LogP contribution is -2.58. The normalized spacial score (nSPS) is 28.3. The van der Waals surface area contributed by atoms with Crippen molar-refractivity contribution in [1.29, 1.82) is 0 Å². The summed E-state index contributed by atoms with van der Waals surface area (Å²) in [6.45, 7) is 10.4. The number of hydrogen-bond donors (Lipinski definition) is 2. The van der Waals surface area contributed by atoms with E-state index in [9.17, 15) is 14.7 Å². The highest BCUT2D eigenvalue weighted by Crippen LogP contribution is 2.46. The number of hydrogen-bond acceptors (Lipinski definition) is 4. The van der Waals surface area contributed by atoms with Gasteiger partial charge in [0.25, 0.3) is 0 Å². The van der Waals surface area contributed by atoms with Crippen LogP contribution in [0, 0.1) is 11.3 Å². The third kappa shape index (κ3) is 5.17. The highest BCUT2D eigenvalue weighted by Gasteiger charge is 2.50. The van der Waals surface area contributed by atoms with Crippen LogP contribution in [0.25, 0.3) is 0 Å². The molecule has 1 saturated carbocycles. The molecule has 1 aromatic carbocycles. The van der Waals surface area contributed by atoms with Gasteiger partial charge in [-0.3, -0.25) is 4.79 Å². The Morgan fingerprint density at radius 3 is 2.42 bits per heavy atom. The molecule has 7 heteroatoms. The fraction of sp³-hybridized carbons (Fsp3) is 0.667. The molecule has 2 amide bonds. The lowest BCUT2D eigenvalue weighted by Gasteiger charge is -2.51. The molecule has 0 unspecified atom stereocenters. The van der Waals surface area contributed by atoms with Crippen LogP contribution in [0.4, 0.5) is 4.79 Å². The van der Waals surface area contributed by atoms with Crippen LogP contribution in [0.5, 0.6) is 0 Å². The van der Waals surface area contributed by atoms with E-state index in [4.69, 9.17) is 16.3 Å². The lowest BCUT2D eigenvalue weighted by molar-refractivity contribution is -0.157. The van der Waals surface area contributed by atoms with Crippen molar-refractivity contribution in [2.24, 2.45) is 11.3 Å². The molecule has 0 bridgehead atoms. The standard InChI is InChI=1S/C24H35ClN2O4/c1-22(2,3)31-21(29)26-19-8-6-7-18(19)20(28)27-14-13-24(30,23(4,5)15-27)16-9-11-17(25)12-10-16/h9-12,18-19,30H,6-8,13-15H2,1-5H3,(H,26,29)/t18-,19+,24-/m0/s1. The van der Waals surface area contributed by atoms with Crippen LogP contribution < -0.4 is 5.32 Å². The van der Waals surface area contributed by atoms with Crippen LogP contribution >= 0.6 is 11.6 Å². The number of nitrogens with one attached hydrogen (secondary N) is 1. The average molecular weight is 451 g/mol. The van der Waals surface area contributed by atoms with Crippen molar-refractivity contribution >= 4 is 23.6 Å². The second-order valence-corrected chi connectivity index (χ2v) is 11.0. The first-order valence-electron chi connectivity index (χ1n) is 11.1. The van der Waals surface area contributed by atoms with Crippen molar-refractivity contribution in [3.63, 3.8) is 0 Å². The van der Waals surface area contributed by atoms with Gasteiger partial charge in [0.2, 0.25) is 5.91 Å². The summed E-state index contributed by atoms with van der Waals surface area (Å²) in [6.07, 6.45) is 2.38. The van der Waals surface area contributed by atoms with E-state index in [1.807, 2.05) is 51.7 Å². The summed E-state index contributed by atoms with van der Waals surface area (Å²) in [5, 5.41) is 15.1. The molecule has 0 aromatic heterocycles. The van der Waals surface area contributed by atoms with Gasteiger partial charge < -0.3 is 20.1 Å². The van der Waals surface area contributed by atoms with E-state index in [0.717, 1.165) is 24.8 Å². The number of rotatable bonds is 3. The van der Waals surface area contributed by atoms with Gasteiger partial charge in [-0.1, -0.05) is 44.0 Å². The van der Waals surface area contributed by atoms with Crippen molar-refractivity contribution in [3.05, 3.63) is 34.9 Å². The Labute approximate surface area is 190 Å². The van der Waals surface area contributed by atoms with Gasteiger partial charge in [0.1, 0.15) is 5.60 Å². The predicted octanol–water partition coefficient (Wildman–Crippen LogP) is 4.48. The molecule has 2 fully saturated rings. The van der Waals surface area contributed by atoms with Crippen LogP contribution in [0.1, 0.15) is 65.9 Å². The molecule has 1 aliphatic heterocycles. The second kappa shape index (κ2) is 8.62. The number of halogens is 1. The van der Waals surface area contributed by atoms with Gasteiger partial charge in [-0.15, -0.1) is 0 Å². The topological polar surface area (TPSA) is 78.9 Å². The molecule has 0 spiro atoms. The van der Waals surface area contributed by atoms with Gasteiger partial charge in [0.15, 0.2) is 0 Å². The number of ether oxygens (including phenoxy) is 1. The van der Waals surface area contributed by atoms with Crippen LogP contribution in [0.2, 0.25) is 5.02 Å². The Bertz CT molecular complexity index is 818. The fourth-order valence-corrected chi connectivity index (χ4v) is 5.02. The van der Waals surface area contributed by atoms with E-state index in [1.165, 1.54) is 0 Å². The van der Waals surface area contributed by atoms with Crippen LogP contribution in [0.15, 0.2) is 24.3 Å². The third-order valence-corrected chi connectivity index (χ3v) is 6.87. The van der Waals surface area contributed by atoms with Gasteiger partial charge in [0, 0.05) is 29.6 Å². The largest absolute Gasteiger partial charge is 0.444 e. The zero-order chi connectivity index (χ0) is 23.0. The molecule has 1 heterocycles. The number of likely N-dealkylation sites (tertiary alicyclic amines) is 1. The van der Waals surface area contributed by atoms with Gasteiger partial charge in [0.05, 0.1) is 11.5 Å². The number of nitrogens with zero attached hydrogens (tertiary/aromatic N) is 1. The highest BCUT2D eigenvalue weighted by atomic mass is 35.5. The van der Waals surface area contributed by atoms with Crippen LogP contribution in [-0.2, 0) is 15.1 Å². The molecule has 3 rings (SSSR count). The molecular weight excluding hydrogens is 416 g/mol.